The van der Waals surface area contributed by atoms with Crippen LogP contribution in [-0.4, -0.2) is 118 Å². The zero-order chi connectivity index (χ0) is 27.5. The fourth-order valence-electron chi connectivity index (χ4n) is 3.59. The van der Waals surface area contributed by atoms with Gasteiger partial charge >= 0.3 is 0 Å². The zero-order valence-corrected chi connectivity index (χ0v) is 23.4. The Morgan fingerprint density at radius 1 is 0.684 bits per heavy atom. The van der Waals surface area contributed by atoms with E-state index >= 15 is 0 Å². The molecule has 0 aliphatic heterocycles. The lowest BCUT2D eigenvalue weighted by Gasteiger charge is -2.27. The molecule has 3 atom stereocenters. The van der Waals surface area contributed by atoms with Crippen LogP contribution in [0.2, 0.25) is 0 Å². The molecule has 10 nitrogen and oxygen atoms in total. The van der Waals surface area contributed by atoms with Crippen LogP contribution in [0.15, 0.2) is 12.2 Å². The Morgan fingerprint density at radius 3 is 1.50 bits per heavy atom. The summed E-state index contributed by atoms with van der Waals surface area (Å²) in [6.07, 6.45) is 10.3. The van der Waals surface area contributed by atoms with E-state index in [-0.39, 0.29) is 17.7 Å². The molecule has 0 spiro atoms. The molecule has 0 fully saturated rings. The summed E-state index contributed by atoms with van der Waals surface area (Å²) in [5.74, 6) is 3.30. The van der Waals surface area contributed by atoms with Crippen LogP contribution < -0.4 is 5.32 Å². The van der Waals surface area contributed by atoms with E-state index in [1.165, 1.54) is 0 Å². The van der Waals surface area contributed by atoms with Crippen LogP contribution in [-0.2, 0) is 42.7 Å². The van der Waals surface area contributed by atoms with Crippen molar-refractivity contribution in [3.05, 3.63) is 12.2 Å². The Balaban J connectivity index is 1.70. The van der Waals surface area contributed by atoms with Crippen LogP contribution in [0.3, 0.4) is 0 Å². The molecule has 0 aromatic heterocycles. The standard InChI is InChI=1S/C28H49NO9/c1-4-8-31-10-12-33-14-16-35-18-20-37-22-23-38-21-19-36-17-15-34-13-11-32-9-7-29-28(30)27-24-25(2)5-6-26(27)3/h1,5-6,25-27H,7-24H2,2-3H3,(H,29,30)/t25?,26-,27+/m0/s1. The summed E-state index contributed by atoms with van der Waals surface area (Å²) in [5.41, 5.74) is 0. The number of hydrogen-bond donors (Lipinski definition) is 1. The van der Waals surface area contributed by atoms with Gasteiger partial charge in [-0.05, 0) is 18.3 Å². The number of ether oxygens (including phenoxy) is 8. The largest absolute Gasteiger partial charge is 0.377 e. The van der Waals surface area contributed by atoms with Gasteiger partial charge in [-0.15, -0.1) is 6.42 Å². The van der Waals surface area contributed by atoms with Crippen molar-refractivity contribution in [3.63, 3.8) is 0 Å². The smallest absolute Gasteiger partial charge is 0.223 e. The Hall–Kier alpha value is -1.55. The predicted octanol–water partition coefficient (Wildman–Crippen LogP) is 1.72. The highest BCUT2D eigenvalue weighted by Gasteiger charge is 2.27. The average molecular weight is 544 g/mol. The van der Waals surface area contributed by atoms with E-state index in [0.29, 0.717) is 118 Å². The first kappa shape index (κ1) is 34.5. The average Bonchev–Trinajstić information content (AvgIpc) is 2.91. The van der Waals surface area contributed by atoms with Gasteiger partial charge in [0, 0.05) is 12.5 Å². The number of carbonyl (C=O) groups excluding carboxylic acids is 1. The SMILES string of the molecule is C#CCOCCOCCOCCOCCOCCOCCOCCOCCNC(=O)[C@@H]1CC(C)C=C[C@@H]1C. The number of allylic oxidation sites excluding steroid dienone is 2. The molecule has 0 radical (unpaired) electrons. The van der Waals surface area contributed by atoms with Crippen molar-refractivity contribution in [2.45, 2.75) is 20.3 Å². The van der Waals surface area contributed by atoms with Crippen LogP contribution in [0, 0.1) is 30.1 Å². The molecule has 38 heavy (non-hydrogen) atoms. The van der Waals surface area contributed by atoms with Crippen molar-refractivity contribution in [2.75, 3.05) is 112 Å². The molecule has 0 saturated heterocycles. The molecule has 1 rings (SSSR count). The topological polar surface area (TPSA) is 103 Å². The summed E-state index contributed by atoms with van der Waals surface area (Å²) in [4.78, 5) is 12.3. The molecule has 10 heteroatoms. The molecular weight excluding hydrogens is 494 g/mol. The third kappa shape index (κ3) is 20.4. The Kier molecular flexibility index (Phi) is 23.3. The number of terminal acetylenes is 1. The van der Waals surface area contributed by atoms with Gasteiger partial charge in [0.1, 0.15) is 6.61 Å². The highest BCUT2D eigenvalue weighted by Crippen LogP contribution is 2.27. The second kappa shape index (κ2) is 25.7. The van der Waals surface area contributed by atoms with Crippen LogP contribution in [0.5, 0.6) is 0 Å². The van der Waals surface area contributed by atoms with E-state index in [9.17, 15) is 4.79 Å². The van der Waals surface area contributed by atoms with Gasteiger partial charge < -0.3 is 43.2 Å². The van der Waals surface area contributed by atoms with Crippen molar-refractivity contribution in [2.24, 2.45) is 17.8 Å². The quantitative estimate of drug-likeness (QED) is 0.0992. The van der Waals surface area contributed by atoms with E-state index in [2.05, 4.69) is 37.2 Å². The lowest BCUT2D eigenvalue weighted by atomic mass is 9.80. The molecule has 0 aromatic rings. The molecule has 1 aliphatic rings. The van der Waals surface area contributed by atoms with Crippen molar-refractivity contribution < 1.29 is 42.7 Å². The van der Waals surface area contributed by atoms with Gasteiger partial charge in [0.25, 0.3) is 0 Å². The van der Waals surface area contributed by atoms with E-state index in [1.54, 1.807) is 0 Å². The fraction of sp³-hybridized carbons (Fsp3) is 0.821. The van der Waals surface area contributed by atoms with Crippen LogP contribution in [0.4, 0.5) is 0 Å². The van der Waals surface area contributed by atoms with Crippen molar-refractivity contribution in [3.8, 4) is 12.3 Å². The lowest BCUT2D eigenvalue weighted by molar-refractivity contribution is -0.126. The highest BCUT2D eigenvalue weighted by molar-refractivity contribution is 5.79. The normalized spacial score (nSPS) is 18.9. The van der Waals surface area contributed by atoms with E-state index in [4.69, 9.17) is 44.3 Å². The molecule has 0 saturated carbocycles. The molecule has 1 unspecified atom stereocenters. The monoisotopic (exact) mass is 543 g/mol. The van der Waals surface area contributed by atoms with Crippen LogP contribution >= 0.6 is 0 Å². The van der Waals surface area contributed by atoms with Gasteiger partial charge in [0.15, 0.2) is 0 Å². The second-order valence-corrected chi connectivity index (χ2v) is 8.90. The molecule has 1 amide bonds. The maximum atomic E-state index is 12.3. The van der Waals surface area contributed by atoms with Crippen LogP contribution in [0.25, 0.3) is 0 Å². The van der Waals surface area contributed by atoms with Gasteiger partial charge in [0.05, 0.1) is 99.1 Å². The maximum absolute atomic E-state index is 12.3. The van der Waals surface area contributed by atoms with Crippen molar-refractivity contribution >= 4 is 5.91 Å². The third-order valence-corrected chi connectivity index (χ3v) is 5.68. The molecule has 220 valence electrons. The summed E-state index contributed by atoms with van der Waals surface area (Å²) >= 11 is 0. The molecular formula is C28H49NO9. The van der Waals surface area contributed by atoms with Gasteiger partial charge in [0.2, 0.25) is 5.91 Å². The van der Waals surface area contributed by atoms with Crippen molar-refractivity contribution in [1.29, 1.82) is 0 Å². The molecule has 1 aliphatic carbocycles. The molecule has 1 N–H and O–H groups in total. The van der Waals surface area contributed by atoms with Gasteiger partial charge in [-0.1, -0.05) is 31.9 Å². The Bertz CT molecular complexity index is 626. The minimum atomic E-state index is 0.0518. The Labute approximate surface area is 229 Å². The third-order valence-electron chi connectivity index (χ3n) is 5.68. The van der Waals surface area contributed by atoms with Gasteiger partial charge in [-0.3, -0.25) is 4.79 Å². The Morgan fingerprint density at radius 2 is 1.08 bits per heavy atom. The zero-order valence-electron chi connectivity index (χ0n) is 23.4. The maximum Gasteiger partial charge on any atom is 0.223 e. The van der Waals surface area contributed by atoms with E-state index in [0.717, 1.165) is 6.42 Å². The summed E-state index contributed by atoms with van der Waals surface area (Å²) in [5, 5.41) is 2.97. The molecule has 0 heterocycles. The summed E-state index contributed by atoms with van der Waals surface area (Å²) in [7, 11) is 0. The predicted molar refractivity (Wildman–Crippen MR) is 144 cm³/mol. The summed E-state index contributed by atoms with van der Waals surface area (Å²) in [6, 6.07) is 0. The lowest BCUT2D eigenvalue weighted by Crippen LogP contribution is -2.37. The first-order chi connectivity index (χ1) is 18.6. The fourth-order valence-corrected chi connectivity index (χ4v) is 3.59. The summed E-state index contributed by atoms with van der Waals surface area (Å²) < 4.78 is 43.2. The molecule has 0 aromatic carbocycles. The van der Waals surface area contributed by atoms with Crippen LogP contribution in [0.1, 0.15) is 20.3 Å². The van der Waals surface area contributed by atoms with E-state index in [1.807, 2.05) is 0 Å². The summed E-state index contributed by atoms with van der Waals surface area (Å²) in [6.45, 7) is 12.6. The molecule has 0 bridgehead atoms. The number of amides is 1. The minimum absolute atomic E-state index is 0.0518. The number of rotatable bonds is 26. The first-order valence-corrected chi connectivity index (χ1v) is 13.7. The van der Waals surface area contributed by atoms with Gasteiger partial charge in [-0.25, -0.2) is 0 Å². The van der Waals surface area contributed by atoms with Gasteiger partial charge in [-0.2, -0.15) is 0 Å². The van der Waals surface area contributed by atoms with E-state index < -0.39 is 0 Å². The number of nitrogens with one attached hydrogen (secondary N) is 1. The first-order valence-electron chi connectivity index (χ1n) is 13.7. The number of hydrogen-bond acceptors (Lipinski definition) is 9. The highest BCUT2D eigenvalue weighted by atomic mass is 16.6. The number of carbonyl (C=O) groups is 1. The second-order valence-electron chi connectivity index (χ2n) is 8.90. The van der Waals surface area contributed by atoms with Crippen molar-refractivity contribution in [1.82, 2.24) is 5.32 Å². The minimum Gasteiger partial charge on any atom is -0.377 e.